The summed E-state index contributed by atoms with van der Waals surface area (Å²) in [6.45, 7) is 0. The molecule has 1 fully saturated rings. The van der Waals surface area contributed by atoms with Crippen LogP contribution in [0.3, 0.4) is 0 Å². The summed E-state index contributed by atoms with van der Waals surface area (Å²) >= 11 is 2.21. The van der Waals surface area contributed by atoms with Gasteiger partial charge in [0.15, 0.2) is 17.0 Å². The number of hydrogen-bond donors (Lipinski definition) is 1. The van der Waals surface area contributed by atoms with Gasteiger partial charge in [0.05, 0.1) is 6.20 Å². The number of carbonyl (C=O) groups is 1. The molecule has 0 bridgehead atoms. The molecule has 0 spiro atoms. The van der Waals surface area contributed by atoms with Crippen molar-refractivity contribution in [2.45, 2.75) is 25.7 Å². The largest absolute Gasteiger partial charge is 0.369 e. The van der Waals surface area contributed by atoms with E-state index in [-0.39, 0.29) is 11.8 Å². The number of halogens is 1. The second-order valence-electron chi connectivity index (χ2n) is 6.31. The molecule has 3 aromatic heterocycles. The number of rotatable bonds is 4. The molecule has 3 aromatic rings. The van der Waals surface area contributed by atoms with E-state index < -0.39 is 0 Å². The van der Waals surface area contributed by atoms with Gasteiger partial charge in [0.2, 0.25) is 5.91 Å². The minimum absolute atomic E-state index is 0.0167. The first-order valence-electron chi connectivity index (χ1n) is 8.08. The van der Waals surface area contributed by atoms with E-state index in [0.717, 1.165) is 35.1 Å². The highest BCUT2D eigenvalue weighted by atomic mass is 127. The van der Waals surface area contributed by atoms with Gasteiger partial charge in [-0.05, 0) is 59.9 Å². The molecule has 128 valence electrons. The van der Waals surface area contributed by atoms with Crippen LogP contribution in [0.15, 0.2) is 24.5 Å². The van der Waals surface area contributed by atoms with Crippen molar-refractivity contribution in [2.24, 2.45) is 17.6 Å². The Morgan fingerprint density at radius 3 is 2.88 bits per heavy atom. The van der Waals surface area contributed by atoms with E-state index >= 15 is 0 Å². The van der Waals surface area contributed by atoms with E-state index in [4.69, 9.17) is 5.73 Å². The maximum Gasteiger partial charge on any atom is 0.220 e. The number of pyridine rings is 1. The minimum atomic E-state index is -0.203. The lowest BCUT2D eigenvalue weighted by molar-refractivity contribution is -0.121. The van der Waals surface area contributed by atoms with Crippen molar-refractivity contribution >= 4 is 39.7 Å². The predicted octanol–water partition coefficient (Wildman–Crippen LogP) is 1.65. The molecule has 0 aromatic carbocycles. The summed E-state index contributed by atoms with van der Waals surface area (Å²) in [5.74, 6) is 1.57. The lowest BCUT2D eigenvalue weighted by atomic mass is 10.0. The topological polar surface area (TPSA) is 112 Å². The van der Waals surface area contributed by atoms with Crippen LogP contribution in [-0.4, -0.2) is 35.9 Å². The Morgan fingerprint density at radius 2 is 2.16 bits per heavy atom. The maximum atomic E-state index is 11.3. The molecule has 2 atom stereocenters. The van der Waals surface area contributed by atoms with Crippen LogP contribution in [0.4, 0.5) is 0 Å². The van der Waals surface area contributed by atoms with Gasteiger partial charge in [-0.1, -0.05) is 5.21 Å². The monoisotopic (exact) mass is 449 g/mol. The molecule has 4 rings (SSSR count). The van der Waals surface area contributed by atoms with Crippen LogP contribution < -0.4 is 5.73 Å². The summed E-state index contributed by atoms with van der Waals surface area (Å²) in [5, 5.41) is 8.25. The van der Waals surface area contributed by atoms with Crippen LogP contribution in [0, 0.1) is 15.4 Å². The van der Waals surface area contributed by atoms with E-state index in [0.29, 0.717) is 22.9 Å². The normalized spacial score (nSPS) is 20.2. The Morgan fingerprint density at radius 1 is 1.28 bits per heavy atom. The fraction of sp³-hybridized carbons (Fsp3) is 0.375. The second-order valence-corrected chi connectivity index (χ2v) is 7.56. The molecule has 2 N–H and O–H groups in total. The zero-order chi connectivity index (χ0) is 17.4. The number of aromatic nitrogens is 6. The quantitative estimate of drug-likeness (QED) is 0.607. The van der Waals surface area contributed by atoms with Crippen LogP contribution in [0.2, 0.25) is 0 Å². The fourth-order valence-electron chi connectivity index (χ4n) is 3.29. The summed E-state index contributed by atoms with van der Waals surface area (Å²) in [5.41, 5.74) is 6.68. The van der Waals surface area contributed by atoms with Crippen LogP contribution >= 0.6 is 22.6 Å². The van der Waals surface area contributed by atoms with Crippen molar-refractivity contribution in [3.8, 4) is 5.82 Å². The highest BCUT2D eigenvalue weighted by molar-refractivity contribution is 14.1. The summed E-state index contributed by atoms with van der Waals surface area (Å²) in [6.07, 6.45) is 6.83. The van der Waals surface area contributed by atoms with Gasteiger partial charge in [0.25, 0.3) is 0 Å². The predicted molar refractivity (Wildman–Crippen MR) is 98.7 cm³/mol. The molecule has 3 heterocycles. The highest BCUT2D eigenvalue weighted by Gasteiger charge is 2.29. The van der Waals surface area contributed by atoms with E-state index in [2.05, 4.69) is 47.9 Å². The van der Waals surface area contributed by atoms with Gasteiger partial charge in [-0.15, -0.1) is 5.10 Å². The minimum Gasteiger partial charge on any atom is -0.369 e. The van der Waals surface area contributed by atoms with Crippen molar-refractivity contribution in [3.63, 3.8) is 0 Å². The van der Waals surface area contributed by atoms with Crippen molar-refractivity contribution in [1.29, 1.82) is 0 Å². The summed E-state index contributed by atoms with van der Waals surface area (Å²) in [4.78, 5) is 24.7. The van der Waals surface area contributed by atoms with E-state index in [1.165, 1.54) is 0 Å². The first-order chi connectivity index (χ1) is 12.1. The maximum absolute atomic E-state index is 11.3. The molecule has 8 nitrogen and oxygen atoms in total. The number of fused-ring (bicyclic) bond motifs is 1. The Labute approximate surface area is 157 Å². The number of amides is 1. The number of nitrogens with zero attached hydrogens (tertiary/aromatic N) is 6. The first kappa shape index (κ1) is 16.3. The van der Waals surface area contributed by atoms with Crippen molar-refractivity contribution < 1.29 is 4.79 Å². The Hall–Kier alpha value is -2.17. The third kappa shape index (κ3) is 3.32. The number of primary amides is 1. The Balaban J connectivity index is 1.60. The van der Waals surface area contributed by atoms with Crippen LogP contribution in [0.25, 0.3) is 17.0 Å². The van der Waals surface area contributed by atoms with Gasteiger partial charge in [0.1, 0.15) is 5.82 Å². The molecule has 1 saturated carbocycles. The van der Waals surface area contributed by atoms with Crippen LogP contribution in [0.5, 0.6) is 0 Å². The van der Waals surface area contributed by atoms with Gasteiger partial charge in [0, 0.05) is 22.1 Å². The summed E-state index contributed by atoms with van der Waals surface area (Å²) in [7, 11) is 0. The van der Waals surface area contributed by atoms with Gasteiger partial charge >= 0.3 is 0 Å². The van der Waals surface area contributed by atoms with E-state index in [9.17, 15) is 4.79 Å². The fourth-order valence-corrected chi connectivity index (χ4v) is 3.61. The lowest BCUT2D eigenvalue weighted by Crippen LogP contribution is -2.21. The molecule has 0 aliphatic heterocycles. The molecule has 1 aliphatic carbocycles. The standard InChI is InChI=1S/C16H16IN7O/c17-11-3-4-14(20-7-11)24-16-12(22-23-24)8-19-13(21-16)6-9-1-2-10(5-9)15(18)25/h3-4,7-10H,1-2,5-6H2,(H2,18,25)/t9-,10-/m1/s1. The molecule has 0 unspecified atom stereocenters. The number of nitrogens with two attached hydrogens (primary N) is 1. The summed E-state index contributed by atoms with van der Waals surface area (Å²) < 4.78 is 2.67. The lowest BCUT2D eigenvalue weighted by Gasteiger charge is -2.08. The third-order valence-corrected chi connectivity index (χ3v) is 5.22. The number of hydrogen-bond acceptors (Lipinski definition) is 6. The molecule has 0 radical (unpaired) electrons. The third-order valence-electron chi connectivity index (χ3n) is 4.59. The van der Waals surface area contributed by atoms with Gasteiger partial charge in [-0.2, -0.15) is 4.68 Å². The van der Waals surface area contributed by atoms with E-state index in [1.54, 1.807) is 17.1 Å². The molecule has 0 saturated heterocycles. The zero-order valence-electron chi connectivity index (χ0n) is 13.3. The number of carbonyl (C=O) groups excluding carboxylic acids is 1. The molecular weight excluding hydrogens is 433 g/mol. The van der Waals surface area contributed by atoms with Crippen LogP contribution in [-0.2, 0) is 11.2 Å². The molecule has 1 amide bonds. The van der Waals surface area contributed by atoms with Crippen LogP contribution in [0.1, 0.15) is 25.1 Å². The average Bonchev–Trinajstić information content (AvgIpc) is 3.22. The van der Waals surface area contributed by atoms with E-state index in [1.807, 2.05) is 12.1 Å². The average molecular weight is 449 g/mol. The van der Waals surface area contributed by atoms with Crippen molar-refractivity contribution in [3.05, 3.63) is 33.9 Å². The summed E-state index contributed by atoms with van der Waals surface area (Å²) in [6, 6.07) is 3.84. The van der Waals surface area contributed by atoms with Gasteiger partial charge in [-0.25, -0.2) is 15.0 Å². The molecule has 1 aliphatic rings. The molecule has 25 heavy (non-hydrogen) atoms. The zero-order valence-corrected chi connectivity index (χ0v) is 15.5. The molecule has 9 heteroatoms. The Kier molecular flexibility index (Phi) is 4.32. The smallest absolute Gasteiger partial charge is 0.220 e. The van der Waals surface area contributed by atoms with Crippen molar-refractivity contribution in [2.75, 3.05) is 0 Å². The van der Waals surface area contributed by atoms with Gasteiger partial charge in [-0.3, -0.25) is 4.79 Å². The highest BCUT2D eigenvalue weighted by Crippen LogP contribution is 2.32. The molecular formula is C16H16IN7O. The first-order valence-corrected chi connectivity index (χ1v) is 9.16. The Bertz CT molecular complexity index is 924. The van der Waals surface area contributed by atoms with Crippen molar-refractivity contribution in [1.82, 2.24) is 29.9 Å². The second kappa shape index (κ2) is 6.62. The SMILES string of the molecule is NC(=O)[C@@H]1CC[C@@H](Cc2ncc3nnn(-c4ccc(I)cn4)c3n2)C1. The van der Waals surface area contributed by atoms with Gasteiger partial charge < -0.3 is 5.73 Å².